The molecule has 1 amide bonds. The van der Waals surface area contributed by atoms with Gasteiger partial charge in [-0.1, -0.05) is 0 Å². The minimum Gasteiger partial charge on any atom is -0.343 e. The Kier molecular flexibility index (Phi) is 4.58. The third-order valence-corrected chi connectivity index (χ3v) is 3.48. The molecule has 102 valence electrons. The van der Waals surface area contributed by atoms with Gasteiger partial charge in [-0.05, 0) is 24.5 Å². The maximum Gasteiger partial charge on any atom is 0.223 e. The number of nitrogens with zero attached hydrogens (tertiary/aromatic N) is 3. The molecule has 1 fully saturated rings. The molecule has 0 radical (unpaired) electrons. The zero-order chi connectivity index (χ0) is 13.7. The molecular formula is C14H20N4O. The van der Waals surface area contributed by atoms with Crippen LogP contribution in [0, 0.1) is 11.3 Å². The van der Waals surface area contributed by atoms with Crippen LogP contribution < -0.4 is 5.32 Å². The normalized spacial score (nSPS) is 14.6. The zero-order valence-electron chi connectivity index (χ0n) is 11.4. The lowest BCUT2D eigenvalue weighted by Crippen LogP contribution is -2.30. The monoisotopic (exact) mass is 260 g/mol. The van der Waals surface area contributed by atoms with Gasteiger partial charge in [0, 0.05) is 45.8 Å². The molecule has 0 bridgehead atoms. The van der Waals surface area contributed by atoms with E-state index in [2.05, 4.69) is 11.4 Å². The first-order valence-electron chi connectivity index (χ1n) is 6.74. The molecule has 2 heterocycles. The summed E-state index contributed by atoms with van der Waals surface area (Å²) in [6, 6.07) is 4.01. The van der Waals surface area contributed by atoms with Crippen LogP contribution in [0.15, 0.2) is 12.3 Å². The van der Waals surface area contributed by atoms with Gasteiger partial charge in [-0.25, -0.2) is 0 Å². The Balaban J connectivity index is 1.68. The zero-order valence-corrected chi connectivity index (χ0v) is 11.4. The highest BCUT2D eigenvalue weighted by Crippen LogP contribution is 2.09. The van der Waals surface area contributed by atoms with Gasteiger partial charge in [0.2, 0.25) is 5.91 Å². The van der Waals surface area contributed by atoms with Crippen molar-refractivity contribution >= 4 is 5.91 Å². The van der Waals surface area contributed by atoms with Crippen molar-refractivity contribution in [3.63, 3.8) is 0 Å². The summed E-state index contributed by atoms with van der Waals surface area (Å²) in [6.45, 7) is 3.22. The van der Waals surface area contributed by atoms with E-state index < -0.39 is 0 Å². The molecule has 1 aromatic rings. The third-order valence-electron chi connectivity index (χ3n) is 3.48. The highest BCUT2D eigenvalue weighted by molar-refractivity contribution is 5.76. The van der Waals surface area contributed by atoms with Crippen LogP contribution in [0.1, 0.15) is 30.5 Å². The van der Waals surface area contributed by atoms with Crippen molar-refractivity contribution in [3.8, 4) is 6.07 Å². The van der Waals surface area contributed by atoms with Crippen molar-refractivity contribution in [1.29, 1.82) is 5.26 Å². The summed E-state index contributed by atoms with van der Waals surface area (Å²) in [7, 11) is 1.86. The Labute approximate surface area is 113 Å². The highest BCUT2D eigenvalue weighted by atomic mass is 16.2. The SMILES string of the molecule is Cn1cc(CNCCC(=O)N2CCCC2)cc1C#N. The standard InChI is InChI=1S/C14H20N4O/c1-17-11-12(8-13(17)9-15)10-16-5-4-14(19)18-6-2-3-7-18/h8,11,16H,2-7,10H2,1H3. The summed E-state index contributed by atoms with van der Waals surface area (Å²) in [6.07, 6.45) is 4.77. The van der Waals surface area contributed by atoms with Crippen LogP contribution in [0.5, 0.6) is 0 Å². The van der Waals surface area contributed by atoms with Crippen molar-refractivity contribution in [3.05, 3.63) is 23.5 Å². The number of hydrogen-bond acceptors (Lipinski definition) is 3. The van der Waals surface area contributed by atoms with E-state index in [-0.39, 0.29) is 5.91 Å². The molecule has 1 saturated heterocycles. The van der Waals surface area contributed by atoms with Crippen molar-refractivity contribution < 1.29 is 4.79 Å². The number of aromatic nitrogens is 1. The third kappa shape index (κ3) is 3.58. The molecular weight excluding hydrogens is 240 g/mol. The van der Waals surface area contributed by atoms with Crippen LogP contribution in [0.2, 0.25) is 0 Å². The molecule has 2 rings (SSSR count). The number of rotatable bonds is 5. The number of nitrogens with one attached hydrogen (secondary N) is 1. The van der Waals surface area contributed by atoms with Crippen LogP contribution in [0.25, 0.3) is 0 Å². The Hall–Kier alpha value is -1.80. The molecule has 0 saturated carbocycles. The van der Waals surface area contributed by atoms with Crippen molar-refractivity contribution in [2.24, 2.45) is 7.05 Å². The van der Waals surface area contributed by atoms with Gasteiger partial charge >= 0.3 is 0 Å². The molecule has 1 N–H and O–H groups in total. The van der Waals surface area contributed by atoms with E-state index in [4.69, 9.17) is 5.26 Å². The largest absolute Gasteiger partial charge is 0.343 e. The number of likely N-dealkylation sites (tertiary alicyclic amines) is 1. The Morgan fingerprint density at radius 2 is 2.21 bits per heavy atom. The molecule has 1 aliphatic heterocycles. The lowest BCUT2D eigenvalue weighted by molar-refractivity contribution is -0.130. The van der Waals surface area contributed by atoms with E-state index in [9.17, 15) is 4.79 Å². The Morgan fingerprint density at radius 1 is 1.47 bits per heavy atom. The lowest BCUT2D eigenvalue weighted by atomic mass is 10.3. The van der Waals surface area contributed by atoms with Crippen molar-refractivity contribution in [2.75, 3.05) is 19.6 Å². The summed E-state index contributed by atoms with van der Waals surface area (Å²) in [5, 5.41) is 12.1. The van der Waals surface area contributed by atoms with Gasteiger partial charge in [-0.3, -0.25) is 4.79 Å². The summed E-state index contributed by atoms with van der Waals surface area (Å²) in [4.78, 5) is 13.7. The first kappa shape index (κ1) is 13.6. The summed E-state index contributed by atoms with van der Waals surface area (Å²) < 4.78 is 1.81. The fourth-order valence-electron chi connectivity index (χ4n) is 2.39. The van der Waals surface area contributed by atoms with E-state index in [1.807, 2.05) is 28.8 Å². The van der Waals surface area contributed by atoms with Crippen LogP contribution in [-0.4, -0.2) is 35.0 Å². The molecule has 0 atom stereocenters. The topological polar surface area (TPSA) is 61.1 Å². The summed E-state index contributed by atoms with van der Waals surface area (Å²) in [5.41, 5.74) is 1.73. The Bertz CT molecular complexity index is 480. The van der Waals surface area contributed by atoms with E-state index in [1.165, 1.54) is 0 Å². The second kappa shape index (κ2) is 6.39. The Morgan fingerprint density at radius 3 is 2.84 bits per heavy atom. The molecule has 19 heavy (non-hydrogen) atoms. The maximum absolute atomic E-state index is 11.8. The summed E-state index contributed by atoms with van der Waals surface area (Å²) >= 11 is 0. The van der Waals surface area contributed by atoms with E-state index in [0.29, 0.717) is 25.2 Å². The highest BCUT2D eigenvalue weighted by Gasteiger charge is 2.16. The van der Waals surface area contributed by atoms with Crippen LogP contribution >= 0.6 is 0 Å². The smallest absolute Gasteiger partial charge is 0.223 e. The number of carbonyl (C=O) groups excluding carboxylic acids is 1. The van der Waals surface area contributed by atoms with E-state index >= 15 is 0 Å². The van der Waals surface area contributed by atoms with Gasteiger partial charge in [0.15, 0.2) is 0 Å². The van der Waals surface area contributed by atoms with Crippen LogP contribution in [0.3, 0.4) is 0 Å². The second-order valence-electron chi connectivity index (χ2n) is 4.97. The van der Waals surface area contributed by atoms with Crippen molar-refractivity contribution in [2.45, 2.75) is 25.8 Å². The fourth-order valence-corrected chi connectivity index (χ4v) is 2.39. The van der Waals surface area contributed by atoms with Crippen molar-refractivity contribution in [1.82, 2.24) is 14.8 Å². The summed E-state index contributed by atoms with van der Waals surface area (Å²) in [5.74, 6) is 0.246. The molecule has 0 aromatic carbocycles. The lowest BCUT2D eigenvalue weighted by Gasteiger charge is -2.14. The van der Waals surface area contributed by atoms with Gasteiger partial charge in [-0.15, -0.1) is 0 Å². The van der Waals surface area contributed by atoms with Gasteiger partial charge in [0.05, 0.1) is 0 Å². The van der Waals surface area contributed by atoms with Gasteiger partial charge in [0.1, 0.15) is 11.8 Å². The number of hydrogen-bond donors (Lipinski definition) is 1. The average molecular weight is 260 g/mol. The average Bonchev–Trinajstić information content (AvgIpc) is 3.03. The molecule has 0 unspecified atom stereocenters. The molecule has 5 heteroatoms. The predicted octanol–water partition coefficient (Wildman–Crippen LogP) is 0.999. The van der Waals surface area contributed by atoms with E-state index in [1.54, 1.807) is 0 Å². The van der Waals surface area contributed by atoms with Gasteiger partial charge < -0.3 is 14.8 Å². The molecule has 1 aromatic heterocycles. The molecule has 1 aliphatic rings. The van der Waals surface area contributed by atoms with E-state index in [0.717, 1.165) is 31.5 Å². The first-order valence-corrected chi connectivity index (χ1v) is 6.74. The van der Waals surface area contributed by atoms with Gasteiger partial charge in [0.25, 0.3) is 0 Å². The van der Waals surface area contributed by atoms with Crippen LogP contribution in [-0.2, 0) is 18.4 Å². The number of amides is 1. The van der Waals surface area contributed by atoms with Crippen LogP contribution in [0.4, 0.5) is 0 Å². The van der Waals surface area contributed by atoms with Gasteiger partial charge in [-0.2, -0.15) is 5.26 Å². The predicted molar refractivity (Wildman–Crippen MR) is 72.3 cm³/mol. The second-order valence-corrected chi connectivity index (χ2v) is 4.97. The number of nitriles is 1. The minimum atomic E-state index is 0.246. The minimum absolute atomic E-state index is 0.246. The maximum atomic E-state index is 11.8. The number of aryl methyl sites for hydroxylation is 1. The molecule has 5 nitrogen and oxygen atoms in total. The molecule has 0 aliphatic carbocycles. The first-order chi connectivity index (χ1) is 9.20. The molecule has 0 spiro atoms. The number of carbonyl (C=O) groups is 1. The quantitative estimate of drug-likeness (QED) is 0.803. The fraction of sp³-hybridized carbons (Fsp3) is 0.571.